The molecule has 2 nitrogen and oxygen atoms in total. The lowest BCUT2D eigenvalue weighted by Gasteiger charge is -2.30. The molecular formula is C11H10O2S2. The van der Waals surface area contributed by atoms with Crippen LogP contribution in [0.1, 0.15) is 22.0 Å². The van der Waals surface area contributed by atoms with Gasteiger partial charge in [-0.25, -0.2) is 0 Å². The molecule has 0 amide bonds. The third-order valence-electron chi connectivity index (χ3n) is 2.40. The van der Waals surface area contributed by atoms with Crippen molar-refractivity contribution >= 4 is 23.5 Å². The van der Waals surface area contributed by atoms with Crippen LogP contribution in [0.2, 0.25) is 0 Å². The Hall–Kier alpha value is -0.740. The Morgan fingerprint density at radius 1 is 1.07 bits per heavy atom. The Labute approximate surface area is 97.0 Å². The Kier molecular flexibility index (Phi) is 2.33. The zero-order valence-corrected chi connectivity index (χ0v) is 9.64. The zero-order chi connectivity index (χ0) is 10.3. The summed E-state index contributed by atoms with van der Waals surface area (Å²) in [5.41, 5.74) is 2.43. The molecule has 2 aliphatic rings. The highest BCUT2D eigenvalue weighted by Crippen LogP contribution is 2.51. The quantitative estimate of drug-likeness (QED) is 0.782. The minimum atomic E-state index is -0.242. The van der Waals surface area contributed by atoms with Crippen LogP contribution in [0.3, 0.4) is 0 Å². The van der Waals surface area contributed by atoms with E-state index in [4.69, 9.17) is 9.47 Å². The molecular weight excluding hydrogens is 228 g/mol. The maximum Gasteiger partial charge on any atom is 0.278 e. The number of ether oxygens (including phenoxy) is 2. The number of rotatable bonds is 2. The SMILES string of the molecule is C=C1OC(c2ccc(C3SCS3)cc2)O1. The summed E-state index contributed by atoms with van der Waals surface area (Å²) in [6.45, 7) is 3.55. The van der Waals surface area contributed by atoms with E-state index in [-0.39, 0.29) is 6.29 Å². The second-order valence-corrected chi connectivity index (χ2v) is 6.24. The second-order valence-electron chi connectivity index (χ2n) is 3.39. The molecule has 0 saturated carbocycles. The van der Waals surface area contributed by atoms with Crippen LogP contribution < -0.4 is 0 Å². The summed E-state index contributed by atoms with van der Waals surface area (Å²) >= 11 is 3.96. The van der Waals surface area contributed by atoms with Gasteiger partial charge in [-0.05, 0) is 12.1 Å². The Morgan fingerprint density at radius 3 is 2.13 bits per heavy atom. The predicted octanol–water partition coefficient (Wildman–Crippen LogP) is 3.64. The molecule has 0 N–H and O–H groups in total. The summed E-state index contributed by atoms with van der Waals surface area (Å²) < 4.78 is 11.1. The van der Waals surface area contributed by atoms with E-state index in [9.17, 15) is 0 Å². The fraction of sp³-hybridized carbons (Fsp3) is 0.273. The maximum absolute atomic E-state index is 5.24. The molecule has 0 spiro atoms. The van der Waals surface area contributed by atoms with Crippen molar-refractivity contribution in [3.05, 3.63) is 47.9 Å². The lowest BCUT2D eigenvalue weighted by Crippen LogP contribution is -2.19. The van der Waals surface area contributed by atoms with Crippen LogP contribution >= 0.6 is 23.5 Å². The fourth-order valence-corrected chi connectivity index (χ4v) is 3.31. The van der Waals surface area contributed by atoms with Crippen LogP contribution in [0.5, 0.6) is 0 Å². The molecule has 2 saturated heterocycles. The molecule has 78 valence electrons. The minimum Gasteiger partial charge on any atom is -0.421 e. The first-order valence-corrected chi connectivity index (χ1v) is 6.78. The molecule has 0 aromatic heterocycles. The van der Waals surface area contributed by atoms with E-state index in [1.807, 2.05) is 23.5 Å². The van der Waals surface area contributed by atoms with Crippen molar-refractivity contribution in [3.63, 3.8) is 0 Å². The first kappa shape index (κ1) is 9.48. The van der Waals surface area contributed by atoms with Crippen LogP contribution in [0.25, 0.3) is 0 Å². The first-order chi connectivity index (χ1) is 7.33. The summed E-state index contributed by atoms with van der Waals surface area (Å²) in [5.74, 6) is 0.411. The van der Waals surface area contributed by atoms with Gasteiger partial charge in [-0.15, -0.1) is 23.5 Å². The van der Waals surface area contributed by atoms with Crippen molar-refractivity contribution in [2.24, 2.45) is 0 Å². The predicted molar refractivity (Wildman–Crippen MR) is 63.3 cm³/mol. The maximum atomic E-state index is 5.24. The molecule has 0 bridgehead atoms. The molecule has 0 unspecified atom stereocenters. The van der Waals surface area contributed by atoms with E-state index in [0.717, 1.165) is 5.56 Å². The average molecular weight is 238 g/mol. The van der Waals surface area contributed by atoms with E-state index < -0.39 is 0 Å². The smallest absolute Gasteiger partial charge is 0.278 e. The van der Waals surface area contributed by atoms with Gasteiger partial charge in [-0.1, -0.05) is 24.3 Å². The van der Waals surface area contributed by atoms with Crippen molar-refractivity contribution in [2.45, 2.75) is 10.9 Å². The molecule has 2 aliphatic heterocycles. The van der Waals surface area contributed by atoms with E-state index >= 15 is 0 Å². The van der Waals surface area contributed by atoms with Crippen molar-refractivity contribution < 1.29 is 9.47 Å². The Morgan fingerprint density at radius 2 is 1.67 bits per heavy atom. The van der Waals surface area contributed by atoms with Crippen LogP contribution in [0.15, 0.2) is 36.8 Å². The summed E-state index contributed by atoms with van der Waals surface area (Å²) in [7, 11) is 0. The molecule has 4 heteroatoms. The molecule has 0 aliphatic carbocycles. The van der Waals surface area contributed by atoms with Crippen LogP contribution in [0, 0.1) is 0 Å². The van der Waals surface area contributed by atoms with Crippen LogP contribution in [-0.4, -0.2) is 5.08 Å². The lowest BCUT2D eigenvalue weighted by molar-refractivity contribution is -0.252. The monoisotopic (exact) mass is 238 g/mol. The third kappa shape index (κ3) is 1.72. The van der Waals surface area contributed by atoms with Gasteiger partial charge >= 0.3 is 0 Å². The molecule has 2 fully saturated rings. The highest BCUT2D eigenvalue weighted by molar-refractivity contribution is 8.31. The normalized spacial score (nSPS) is 21.2. The van der Waals surface area contributed by atoms with Crippen molar-refractivity contribution in [2.75, 3.05) is 5.08 Å². The number of hydrogen-bond donors (Lipinski definition) is 0. The Balaban J connectivity index is 1.72. The summed E-state index contributed by atoms with van der Waals surface area (Å²) in [5, 5.41) is 1.21. The average Bonchev–Trinajstić information content (AvgIpc) is 2.12. The summed E-state index contributed by atoms with van der Waals surface area (Å²) in [4.78, 5) is 0. The number of hydrogen-bond acceptors (Lipinski definition) is 4. The molecule has 1 aromatic rings. The second kappa shape index (κ2) is 3.68. The molecule has 15 heavy (non-hydrogen) atoms. The molecule has 0 atom stereocenters. The largest absolute Gasteiger partial charge is 0.421 e. The van der Waals surface area contributed by atoms with Gasteiger partial charge in [0.05, 0.1) is 4.58 Å². The van der Waals surface area contributed by atoms with Gasteiger partial charge in [0.25, 0.3) is 12.2 Å². The standard InChI is InChI=1S/C11H10O2S2/c1-7-12-10(13-7)8-2-4-9(5-3-8)11-14-6-15-11/h2-5,10-11H,1,6H2. The van der Waals surface area contributed by atoms with E-state index in [0.29, 0.717) is 10.5 Å². The van der Waals surface area contributed by atoms with Gasteiger partial charge in [-0.2, -0.15) is 0 Å². The topological polar surface area (TPSA) is 18.5 Å². The highest BCUT2D eigenvalue weighted by atomic mass is 32.3. The van der Waals surface area contributed by atoms with Crippen molar-refractivity contribution in [3.8, 4) is 0 Å². The van der Waals surface area contributed by atoms with E-state index in [2.05, 4.69) is 30.8 Å². The Bertz CT molecular complexity index is 376. The summed E-state index contributed by atoms with van der Waals surface area (Å²) in [6.07, 6.45) is -0.242. The molecule has 2 heterocycles. The van der Waals surface area contributed by atoms with Crippen LogP contribution in [0.4, 0.5) is 0 Å². The van der Waals surface area contributed by atoms with Gasteiger partial charge < -0.3 is 9.47 Å². The van der Waals surface area contributed by atoms with E-state index in [1.54, 1.807) is 0 Å². The number of thioether (sulfide) groups is 2. The highest BCUT2D eigenvalue weighted by Gasteiger charge is 2.27. The van der Waals surface area contributed by atoms with Gasteiger partial charge in [0.15, 0.2) is 0 Å². The fourth-order valence-electron chi connectivity index (χ4n) is 1.52. The minimum absolute atomic E-state index is 0.242. The van der Waals surface area contributed by atoms with Gasteiger partial charge in [0, 0.05) is 10.6 Å². The van der Waals surface area contributed by atoms with Crippen molar-refractivity contribution in [1.82, 2.24) is 0 Å². The third-order valence-corrected chi connectivity index (χ3v) is 5.45. The summed E-state index contributed by atoms with van der Waals surface area (Å²) in [6, 6.07) is 8.41. The van der Waals surface area contributed by atoms with Gasteiger partial charge in [-0.3, -0.25) is 0 Å². The first-order valence-electron chi connectivity index (χ1n) is 4.68. The zero-order valence-electron chi connectivity index (χ0n) is 8.01. The molecule has 3 rings (SSSR count). The molecule has 1 aromatic carbocycles. The van der Waals surface area contributed by atoms with Gasteiger partial charge in [0.1, 0.15) is 0 Å². The number of benzene rings is 1. The van der Waals surface area contributed by atoms with Gasteiger partial charge in [0.2, 0.25) is 0 Å². The van der Waals surface area contributed by atoms with E-state index in [1.165, 1.54) is 10.6 Å². The lowest BCUT2D eigenvalue weighted by atomic mass is 10.1. The van der Waals surface area contributed by atoms with Crippen molar-refractivity contribution in [1.29, 1.82) is 0 Å². The van der Waals surface area contributed by atoms with Crippen LogP contribution in [-0.2, 0) is 9.47 Å². The molecule has 0 radical (unpaired) electrons.